The molecule has 0 fully saturated rings. The summed E-state index contributed by atoms with van der Waals surface area (Å²) in [6.45, 7) is 9.37. The van der Waals surface area contributed by atoms with Gasteiger partial charge in [0.05, 0.1) is 24.4 Å². The van der Waals surface area contributed by atoms with E-state index in [1.165, 1.54) is 10.6 Å². The van der Waals surface area contributed by atoms with Crippen LogP contribution in [0.2, 0.25) is 0 Å². The summed E-state index contributed by atoms with van der Waals surface area (Å²) in [6.07, 6.45) is 0.480. The van der Waals surface area contributed by atoms with Crippen LogP contribution in [-0.4, -0.2) is 33.6 Å². The number of hydrogen-bond donors (Lipinski definition) is 1. The Balaban J connectivity index is 2.00. The number of amides is 1. The summed E-state index contributed by atoms with van der Waals surface area (Å²) in [6, 6.07) is 11.8. The molecule has 34 heavy (non-hydrogen) atoms. The number of carbonyl (C=O) groups is 2. The van der Waals surface area contributed by atoms with Crippen molar-refractivity contribution in [1.29, 1.82) is 0 Å². The molecule has 1 amide bonds. The van der Waals surface area contributed by atoms with Gasteiger partial charge in [0.1, 0.15) is 17.1 Å². The number of hydrogen-bond acceptors (Lipinski definition) is 5. The van der Waals surface area contributed by atoms with Crippen molar-refractivity contribution in [3.05, 3.63) is 70.8 Å². The lowest BCUT2D eigenvalue weighted by atomic mass is 9.98. The largest absolute Gasteiger partial charge is 0.465 e. The number of ether oxygens (including phenoxy) is 2. The molecule has 0 saturated carbocycles. The molecule has 0 bridgehead atoms. The van der Waals surface area contributed by atoms with Crippen molar-refractivity contribution in [3.8, 4) is 17.1 Å². The minimum absolute atomic E-state index is 0.0143. The molecule has 0 spiro atoms. The Morgan fingerprint density at radius 1 is 1.12 bits per heavy atom. The van der Waals surface area contributed by atoms with Gasteiger partial charge in [-0.25, -0.2) is 9.18 Å². The van der Waals surface area contributed by atoms with E-state index < -0.39 is 23.3 Å². The third kappa shape index (κ3) is 5.44. The quantitative estimate of drug-likeness (QED) is 0.482. The van der Waals surface area contributed by atoms with Crippen LogP contribution in [-0.2, 0) is 17.7 Å². The van der Waals surface area contributed by atoms with E-state index in [0.717, 1.165) is 0 Å². The summed E-state index contributed by atoms with van der Waals surface area (Å²) >= 11 is 0. The number of carbonyl (C=O) groups excluding carboxylic acids is 2. The SMILES string of the molecule is CCOc1nc(CC)c(C(N)=O)n1Cc1ccc(-c2ccccc2C(=O)OC(C)(C)C)cc1F. The second-order valence-electron chi connectivity index (χ2n) is 8.78. The van der Waals surface area contributed by atoms with Crippen LogP contribution < -0.4 is 10.5 Å². The van der Waals surface area contributed by atoms with Gasteiger partial charge in [-0.15, -0.1) is 0 Å². The molecular formula is C26H30FN3O4. The molecule has 0 atom stereocenters. The van der Waals surface area contributed by atoms with E-state index in [4.69, 9.17) is 15.2 Å². The van der Waals surface area contributed by atoms with Crippen LogP contribution in [0.3, 0.4) is 0 Å². The lowest BCUT2D eigenvalue weighted by molar-refractivity contribution is 0.00703. The third-order valence-corrected chi connectivity index (χ3v) is 5.08. The number of rotatable bonds is 8. The van der Waals surface area contributed by atoms with Gasteiger partial charge in [0.25, 0.3) is 11.9 Å². The van der Waals surface area contributed by atoms with Crippen molar-refractivity contribution in [2.45, 2.75) is 53.2 Å². The first-order valence-electron chi connectivity index (χ1n) is 11.2. The second-order valence-corrected chi connectivity index (χ2v) is 8.78. The molecule has 0 aliphatic carbocycles. The highest BCUT2D eigenvalue weighted by atomic mass is 19.1. The maximum atomic E-state index is 15.3. The van der Waals surface area contributed by atoms with Crippen molar-refractivity contribution in [1.82, 2.24) is 9.55 Å². The van der Waals surface area contributed by atoms with Gasteiger partial charge in [0, 0.05) is 5.56 Å². The Labute approximate surface area is 198 Å². The fourth-order valence-corrected chi connectivity index (χ4v) is 3.65. The predicted octanol–water partition coefficient (Wildman–Crippen LogP) is 4.75. The van der Waals surface area contributed by atoms with Gasteiger partial charge >= 0.3 is 5.97 Å². The molecular weight excluding hydrogens is 437 g/mol. The van der Waals surface area contributed by atoms with Gasteiger partial charge in [0.2, 0.25) is 0 Å². The van der Waals surface area contributed by atoms with Gasteiger partial charge < -0.3 is 15.2 Å². The number of aryl methyl sites for hydroxylation is 1. The van der Waals surface area contributed by atoms with Crippen LogP contribution in [0.4, 0.5) is 4.39 Å². The fourth-order valence-electron chi connectivity index (χ4n) is 3.65. The van der Waals surface area contributed by atoms with Gasteiger partial charge in [-0.2, -0.15) is 4.98 Å². The molecule has 0 saturated heterocycles. The highest BCUT2D eigenvalue weighted by Gasteiger charge is 2.23. The Hall–Kier alpha value is -3.68. The van der Waals surface area contributed by atoms with Crippen molar-refractivity contribution >= 4 is 11.9 Å². The summed E-state index contributed by atoms with van der Waals surface area (Å²) < 4.78 is 27.8. The minimum Gasteiger partial charge on any atom is -0.465 e. The normalized spacial score (nSPS) is 11.4. The highest BCUT2D eigenvalue weighted by Crippen LogP contribution is 2.29. The molecule has 3 rings (SSSR count). The van der Waals surface area contributed by atoms with Crippen LogP contribution in [0.25, 0.3) is 11.1 Å². The van der Waals surface area contributed by atoms with Crippen LogP contribution in [0.15, 0.2) is 42.5 Å². The van der Waals surface area contributed by atoms with Crippen LogP contribution >= 0.6 is 0 Å². The smallest absolute Gasteiger partial charge is 0.339 e. The van der Waals surface area contributed by atoms with Crippen molar-refractivity contribution in [2.24, 2.45) is 5.73 Å². The maximum absolute atomic E-state index is 15.3. The van der Waals surface area contributed by atoms with Crippen molar-refractivity contribution in [3.63, 3.8) is 0 Å². The van der Waals surface area contributed by atoms with Gasteiger partial charge in [0.15, 0.2) is 0 Å². The Morgan fingerprint density at radius 2 is 1.82 bits per heavy atom. The van der Waals surface area contributed by atoms with E-state index in [1.807, 2.05) is 6.92 Å². The molecule has 0 aliphatic heterocycles. The molecule has 2 N–H and O–H groups in total. The van der Waals surface area contributed by atoms with E-state index in [-0.39, 0.29) is 18.2 Å². The van der Waals surface area contributed by atoms with Gasteiger partial charge in [-0.3, -0.25) is 9.36 Å². The fraction of sp³-hybridized carbons (Fsp3) is 0.346. The lowest BCUT2D eigenvalue weighted by Gasteiger charge is -2.20. The first kappa shape index (κ1) is 25.0. The summed E-state index contributed by atoms with van der Waals surface area (Å²) in [5.41, 5.74) is 7.39. The van der Waals surface area contributed by atoms with E-state index in [1.54, 1.807) is 64.1 Å². The van der Waals surface area contributed by atoms with Crippen molar-refractivity contribution in [2.75, 3.05) is 6.61 Å². The molecule has 8 heteroatoms. The molecule has 7 nitrogen and oxygen atoms in total. The highest BCUT2D eigenvalue weighted by molar-refractivity contribution is 5.97. The first-order valence-corrected chi connectivity index (χ1v) is 11.2. The molecule has 2 aromatic carbocycles. The summed E-state index contributed by atoms with van der Waals surface area (Å²) in [5, 5.41) is 0. The van der Waals surface area contributed by atoms with Gasteiger partial charge in [-0.05, 0) is 57.4 Å². The summed E-state index contributed by atoms with van der Waals surface area (Å²) in [7, 11) is 0. The van der Waals surface area contributed by atoms with E-state index in [9.17, 15) is 9.59 Å². The minimum atomic E-state index is -0.655. The molecule has 1 aromatic heterocycles. The molecule has 0 aliphatic rings. The van der Waals surface area contributed by atoms with E-state index in [2.05, 4.69) is 4.98 Å². The number of imidazole rings is 1. The summed E-state index contributed by atoms with van der Waals surface area (Å²) in [4.78, 5) is 29.2. The topological polar surface area (TPSA) is 96.4 Å². The third-order valence-electron chi connectivity index (χ3n) is 5.08. The number of nitrogens with zero attached hydrogens (tertiary/aromatic N) is 2. The monoisotopic (exact) mass is 467 g/mol. The molecule has 0 unspecified atom stereocenters. The second kappa shape index (κ2) is 10.1. The molecule has 0 radical (unpaired) electrons. The lowest BCUT2D eigenvalue weighted by Crippen LogP contribution is -2.24. The number of aromatic nitrogens is 2. The van der Waals surface area contributed by atoms with Crippen LogP contribution in [0.1, 0.15) is 66.7 Å². The zero-order chi connectivity index (χ0) is 25.0. The number of halogens is 1. The summed E-state index contributed by atoms with van der Waals surface area (Å²) in [5.74, 6) is -1.63. The number of esters is 1. The van der Waals surface area contributed by atoms with Crippen LogP contribution in [0, 0.1) is 5.82 Å². The molecule has 1 heterocycles. The maximum Gasteiger partial charge on any atom is 0.339 e. The Kier molecular flexibility index (Phi) is 7.39. The van der Waals surface area contributed by atoms with Crippen molar-refractivity contribution < 1.29 is 23.5 Å². The van der Waals surface area contributed by atoms with E-state index >= 15 is 4.39 Å². The van der Waals surface area contributed by atoms with E-state index in [0.29, 0.717) is 41.0 Å². The number of primary amides is 1. The first-order chi connectivity index (χ1) is 16.1. The average molecular weight is 468 g/mol. The number of nitrogens with two attached hydrogens (primary N) is 1. The zero-order valence-electron chi connectivity index (χ0n) is 20.1. The van der Waals surface area contributed by atoms with Gasteiger partial charge in [-0.1, -0.05) is 37.3 Å². The Bertz CT molecular complexity index is 1210. The number of benzene rings is 2. The predicted molar refractivity (Wildman–Crippen MR) is 127 cm³/mol. The average Bonchev–Trinajstić information content (AvgIpc) is 3.11. The standard InChI is InChI=1S/C26H30FN3O4/c1-6-21-22(23(28)31)30(25(29-21)33-7-2)15-17-13-12-16(14-20(17)27)18-10-8-9-11-19(18)24(32)34-26(3,4)5/h8-14H,6-7,15H2,1-5H3,(H2,28,31). The van der Waals surface area contributed by atoms with Crippen LogP contribution in [0.5, 0.6) is 6.01 Å². The molecule has 180 valence electrons. The zero-order valence-corrected chi connectivity index (χ0v) is 20.1. The molecule has 3 aromatic rings. The Morgan fingerprint density at radius 3 is 2.41 bits per heavy atom.